The number of methoxy groups -OCH3 is 2. The Balaban J connectivity index is 2.02. The first-order valence-corrected chi connectivity index (χ1v) is 10.5. The summed E-state index contributed by atoms with van der Waals surface area (Å²) in [5, 5.41) is 0.638. The molecule has 0 aliphatic rings. The van der Waals surface area contributed by atoms with Crippen LogP contribution in [0.3, 0.4) is 0 Å². The van der Waals surface area contributed by atoms with Crippen molar-refractivity contribution in [2.45, 2.75) is 6.92 Å². The van der Waals surface area contributed by atoms with Crippen LogP contribution in [0.15, 0.2) is 36.4 Å². The maximum absolute atomic E-state index is 13.5. The molecule has 0 unspecified atom stereocenters. The van der Waals surface area contributed by atoms with E-state index < -0.39 is 0 Å². The molecular formula is C22H27N3O4S. The van der Waals surface area contributed by atoms with Gasteiger partial charge in [-0.05, 0) is 51.4 Å². The zero-order valence-electron chi connectivity index (χ0n) is 18.0. The maximum atomic E-state index is 13.5. The third-order valence-corrected chi connectivity index (χ3v) is 5.59. The number of hydrogen-bond donors (Lipinski definition) is 0. The standard InChI is InChI=1S/C22H27N3O4S/c1-6-29-17-8-7-9-19-20(17)23-22(30-19)25(13-12-24(2)3)21(26)15-10-11-16(27-4)18(14-15)28-5/h7-11,14H,6,12-13H2,1-5H3. The molecule has 1 aromatic heterocycles. The van der Waals surface area contributed by atoms with Gasteiger partial charge >= 0.3 is 0 Å². The van der Waals surface area contributed by atoms with Gasteiger partial charge in [-0.15, -0.1) is 0 Å². The number of rotatable bonds is 9. The fraction of sp³-hybridized carbons (Fsp3) is 0.364. The first-order valence-electron chi connectivity index (χ1n) is 9.69. The number of nitrogens with zero attached hydrogens (tertiary/aromatic N) is 3. The Labute approximate surface area is 180 Å². The molecule has 160 valence electrons. The van der Waals surface area contributed by atoms with E-state index in [-0.39, 0.29) is 5.91 Å². The molecule has 0 spiro atoms. The van der Waals surface area contributed by atoms with Gasteiger partial charge in [-0.3, -0.25) is 9.69 Å². The van der Waals surface area contributed by atoms with Crippen molar-refractivity contribution in [2.75, 3.05) is 52.9 Å². The minimum atomic E-state index is -0.144. The molecule has 0 radical (unpaired) electrons. The van der Waals surface area contributed by atoms with Crippen molar-refractivity contribution in [3.63, 3.8) is 0 Å². The van der Waals surface area contributed by atoms with Gasteiger partial charge in [-0.2, -0.15) is 0 Å². The largest absolute Gasteiger partial charge is 0.493 e. The average Bonchev–Trinajstić information content (AvgIpc) is 3.18. The number of ether oxygens (including phenoxy) is 3. The molecule has 8 heteroatoms. The number of likely N-dealkylation sites (N-methyl/N-ethyl adjacent to an activating group) is 1. The van der Waals surface area contributed by atoms with Crippen LogP contribution in [0.2, 0.25) is 0 Å². The van der Waals surface area contributed by atoms with Gasteiger partial charge in [0.1, 0.15) is 11.3 Å². The lowest BCUT2D eigenvalue weighted by Crippen LogP contribution is -2.36. The van der Waals surface area contributed by atoms with E-state index in [0.29, 0.717) is 41.9 Å². The first kappa shape index (κ1) is 21.9. The number of aromatic nitrogens is 1. The summed E-state index contributed by atoms with van der Waals surface area (Å²) in [7, 11) is 7.08. The summed E-state index contributed by atoms with van der Waals surface area (Å²) in [4.78, 5) is 22.0. The summed E-state index contributed by atoms with van der Waals surface area (Å²) in [6, 6.07) is 11.0. The molecule has 0 bridgehead atoms. The summed E-state index contributed by atoms with van der Waals surface area (Å²) in [5.41, 5.74) is 1.28. The van der Waals surface area contributed by atoms with Crippen LogP contribution in [-0.2, 0) is 0 Å². The molecule has 0 aliphatic carbocycles. The molecule has 1 amide bonds. The van der Waals surface area contributed by atoms with Crippen LogP contribution < -0.4 is 19.1 Å². The highest BCUT2D eigenvalue weighted by Gasteiger charge is 2.23. The lowest BCUT2D eigenvalue weighted by molar-refractivity contribution is 0.0985. The van der Waals surface area contributed by atoms with Gasteiger partial charge in [0.2, 0.25) is 0 Å². The number of benzene rings is 2. The van der Waals surface area contributed by atoms with E-state index >= 15 is 0 Å². The van der Waals surface area contributed by atoms with Crippen LogP contribution in [0.4, 0.5) is 5.13 Å². The predicted octanol–water partition coefficient (Wildman–Crippen LogP) is 3.92. The van der Waals surface area contributed by atoms with E-state index in [1.165, 1.54) is 11.3 Å². The van der Waals surface area contributed by atoms with Gasteiger partial charge in [0.05, 0.1) is 25.5 Å². The summed E-state index contributed by atoms with van der Waals surface area (Å²) in [6.45, 7) is 3.70. The number of carbonyl (C=O) groups is 1. The summed E-state index contributed by atoms with van der Waals surface area (Å²) >= 11 is 1.48. The van der Waals surface area contributed by atoms with Crippen molar-refractivity contribution in [1.82, 2.24) is 9.88 Å². The number of para-hydroxylation sites is 1. The summed E-state index contributed by atoms with van der Waals surface area (Å²) in [6.07, 6.45) is 0. The second-order valence-electron chi connectivity index (χ2n) is 6.86. The van der Waals surface area contributed by atoms with Crippen molar-refractivity contribution in [3.8, 4) is 17.2 Å². The number of anilines is 1. The third kappa shape index (κ3) is 4.66. The Hall–Kier alpha value is -2.84. The molecule has 0 saturated carbocycles. The Kier molecular flexibility index (Phi) is 7.12. The smallest absolute Gasteiger partial charge is 0.260 e. The van der Waals surface area contributed by atoms with E-state index in [2.05, 4.69) is 0 Å². The molecule has 3 rings (SSSR count). The lowest BCUT2D eigenvalue weighted by Gasteiger charge is -2.22. The first-order chi connectivity index (χ1) is 14.5. The van der Waals surface area contributed by atoms with Gasteiger partial charge in [0.15, 0.2) is 16.6 Å². The van der Waals surface area contributed by atoms with Crippen LogP contribution in [0, 0.1) is 0 Å². The normalized spacial score (nSPS) is 11.0. The number of hydrogen-bond acceptors (Lipinski definition) is 7. The van der Waals surface area contributed by atoms with Crippen molar-refractivity contribution in [2.24, 2.45) is 0 Å². The zero-order chi connectivity index (χ0) is 21.7. The van der Waals surface area contributed by atoms with Crippen LogP contribution in [-0.4, -0.2) is 63.8 Å². The van der Waals surface area contributed by atoms with E-state index in [4.69, 9.17) is 19.2 Å². The Bertz CT molecular complexity index is 1020. The summed E-state index contributed by atoms with van der Waals surface area (Å²) < 4.78 is 17.3. The SMILES string of the molecule is CCOc1cccc2sc(N(CCN(C)C)C(=O)c3ccc(OC)c(OC)c3)nc12. The predicted molar refractivity (Wildman–Crippen MR) is 121 cm³/mol. The zero-order valence-corrected chi connectivity index (χ0v) is 18.8. The fourth-order valence-corrected chi connectivity index (χ4v) is 4.02. The molecule has 7 nitrogen and oxygen atoms in total. The van der Waals surface area contributed by atoms with E-state index in [9.17, 15) is 4.79 Å². The van der Waals surface area contributed by atoms with E-state index in [1.54, 1.807) is 37.3 Å². The number of amides is 1. The molecule has 0 aliphatic heterocycles. The Morgan fingerprint density at radius 1 is 1.03 bits per heavy atom. The van der Waals surface area contributed by atoms with Gasteiger partial charge in [0.25, 0.3) is 5.91 Å². The van der Waals surface area contributed by atoms with Gasteiger partial charge in [-0.25, -0.2) is 4.98 Å². The van der Waals surface area contributed by atoms with E-state index in [0.717, 1.165) is 16.0 Å². The van der Waals surface area contributed by atoms with Crippen LogP contribution in [0.25, 0.3) is 10.2 Å². The van der Waals surface area contributed by atoms with Gasteiger partial charge < -0.3 is 19.1 Å². The van der Waals surface area contributed by atoms with Gasteiger partial charge in [0, 0.05) is 18.7 Å². The van der Waals surface area contributed by atoms with Crippen molar-refractivity contribution < 1.29 is 19.0 Å². The van der Waals surface area contributed by atoms with Crippen molar-refractivity contribution in [3.05, 3.63) is 42.0 Å². The topological polar surface area (TPSA) is 64.1 Å². The summed E-state index contributed by atoms with van der Waals surface area (Å²) in [5.74, 6) is 1.67. The molecule has 0 N–H and O–H groups in total. The number of fused-ring (bicyclic) bond motifs is 1. The molecule has 1 heterocycles. The molecular weight excluding hydrogens is 402 g/mol. The highest BCUT2D eigenvalue weighted by atomic mass is 32.1. The highest BCUT2D eigenvalue weighted by molar-refractivity contribution is 7.22. The number of carbonyl (C=O) groups excluding carboxylic acids is 1. The molecule has 0 atom stereocenters. The van der Waals surface area contributed by atoms with Crippen LogP contribution >= 0.6 is 11.3 Å². The minimum Gasteiger partial charge on any atom is -0.493 e. The maximum Gasteiger partial charge on any atom is 0.260 e. The van der Waals surface area contributed by atoms with E-state index in [1.807, 2.05) is 44.1 Å². The Morgan fingerprint density at radius 3 is 2.47 bits per heavy atom. The second kappa shape index (κ2) is 9.77. The van der Waals surface area contributed by atoms with Crippen molar-refractivity contribution in [1.29, 1.82) is 0 Å². The average molecular weight is 430 g/mol. The quantitative estimate of drug-likeness (QED) is 0.514. The molecule has 30 heavy (non-hydrogen) atoms. The molecule has 3 aromatic rings. The van der Waals surface area contributed by atoms with Gasteiger partial charge in [-0.1, -0.05) is 17.4 Å². The molecule has 0 saturated heterocycles. The fourth-order valence-electron chi connectivity index (χ4n) is 3.01. The van der Waals surface area contributed by atoms with Crippen LogP contribution in [0.5, 0.6) is 17.2 Å². The molecule has 2 aromatic carbocycles. The third-order valence-electron chi connectivity index (χ3n) is 4.55. The highest BCUT2D eigenvalue weighted by Crippen LogP contribution is 2.35. The second-order valence-corrected chi connectivity index (χ2v) is 7.87. The monoisotopic (exact) mass is 429 g/mol. The minimum absolute atomic E-state index is 0.144. The Morgan fingerprint density at radius 2 is 1.80 bits per heavy atom. The van der Waals surface area contributed by atoms with Crippen molar-refractivity contribution >= 4 is 32.6 Å². The lowest BCUT2D eigenvalue weighted by atomic mass is 10.1. The number of thiazole rings is 1. The van der Waals surface area contributed by atoms with Crippen LogP contribution in [0.1, 0.15) is 17.3 Å². The molecule has 0 fully saturated rings.